The lowest BCUT2D eigenvalue weighted by Crippen LogP contribution is -2.40. The number of rotatable bonds is 2. The first-order valence-corrected chi connectivity index (χ1v) is 4.96. The van der Waals surface area contributed by atoms with Gasteiger partial charge in [-0.15, -0.1) is 0 Å². The van der Waals surface area contributed by atoms with Gasteiger partial charge in [0.2, 0.25) is 5.91 Å². The van der Waals surface area contributed by atoms with Crippen molar-refractivity contribution in [3.63, 3.8) is 0 Å². The van der Waals surface area contributed by atoms with Crippen molar-refractivity contribution in [3.05, 3.63) is 36.4 Å². The molecule has 1 aromatic carbocycles. The Balaban J connectivity index is 2.37. The number of hydrogen-bond acceptors (Lipinski definition) is 2. The maximum absolute atomic E-state index is 11.7. The molecule has 1 N–H and O–H groups in total. The number of benzene rings is 1. The number of hydrogen-bond donors (Lipinski definition) is 1. The van der Waals surface area contributed by atoms with Crippen LogP contribution in [0, 0.1) is 0 Å². The Morgan fingerprint density at radius 1 is 1.53 bits per heavy atom. The van der Waals surface area contributed by atoms with Crippen LogP contribution in [-0.4, -0.2) is 19.0 Å². The molecular formula is C12H14N2O. The number of para-hydroxylation sites is 2. The molecule has 0 saturated carbocycles. The third-order valence-corrected chi connectivity index (χ3v) is 2.35. The van der Waals surface area contributed by atoms with E-state index >= 15 is 0 Å². The van der Waals surface area contributed by atoms with Crippen LogP contribution in [0.25, 0.3) is 0 Å². The van der Waals surface area contributed by atoms with E-state index in [0.29, 0.717) is 13.1 Å². The van der Waals surface area contributed by atoms with E-state index in [1.807, 2.05) is 31.2 Å². The Morgan fingerprint density at radius 3 is 3.00 bits per heavy atom. The van der Waals surface area contributed by atoms with Crippen LogP contribution in [0.15, 0.2) is 36.4 Å². The predicted octanol–water partition coefficient (Wildman–Crippen LogP) is 2.02. The quantitative estimate of drug-likeness (QED) is 0.744. The summed E-state index contributed by atoms with van der Waals surface area (Å²) in [6.45, 7) is 6.73. The summed E-state index contributed by atoms with van der Waals surface area (Å²) in [7, 11) is 0. The minimum Gasteiger partial charge on any atom is -0.374 e. The summed E-state index contributed by atoms with van der Waals surface area (Å²) < 4.78 is 0. The van der Waals surface area contributed by atoms with Gasteiger partial charge in [0.25, 0.3) is 0 Å². The van der Waals surface area contributed by atoms with Crippen LogP contribution in [0.5, 0.6) is 0 Å². The fourth-order valence-electron chi connectivity index (χ4n) is 1.70. The van der Waals surface area contributed by atoms with Gasteiger partial charge in [-0.1, -0.05) is 24.3 Å². The average molecular weight is 202 g/mol. The zero-order valence-corrected chi connectivity index (χ0v) is 8.79. The van der Waals surface area contributed by atoms with Gasteiger partial charge in [-0.2, -0.15) is 0 Å². The largest absolute Gasteiger partial charge is 0.374 e. The predicted molar refractivity (Wildman–Crippen MR) is 62.1 cm³/mol. The van der Waals surface area contributed by atoms with E-state index in [4.69, 9.17) is 0 Å². The Kier molecular flexibility index (Phi) is 2.46. The summed E-state index contributed by atoms with van der Waals surface area (Å²) in [5.41, 5.74) is 2.94. The number of nitrogens with zero attached hydrogens (tertiary/aromatic N) is 1. The first kappa shape index (κ1) is 9.77. The summed E-state index contributed by atoms with van der Waals surface area (Å²) in [6, 6.07) is 7.82. The first-order valence-electron chi connectivity index (χ1n) is 4.96. The molecule has 1 amide bonds. The minimum atomic E-state index is 0.0942. The zero-order valence-electron chi connectivity index (χ0n) is 8.79. The van der Waals surface area contributed by atoms with Crippen molar-refractivity contribution < 1.29 is 4.79 Å². The lowest BCUT2D eigenvalue weighted by molar-refractivity contribution is -0.117. The third-order valence-electron chi connectivity index (χ3n) is 2.35. The standard InChI is InChI=1S/C12H14N2O/c1-9(2)8-14-11-6-4-3-5-10(11)13-7-12(14)15/h3-6,13H,1,7-8H2,2H3. The van der Waals surface area contributed by atoms with Gasteiger partial charge in [0.05, 0.1) is 17.9 Å². The van der Waals surface area contributed by atoms with Crippen molar-refractivity contribution >= 4 is 17.3 Å². The molecule has 1 heterocycles. The number of carbonyl (C=O) groups is 1. The number of anilines is 2. The average Bonchev–Trinajstić information content (AvgIpc) is 2.22. The van der Waals surface area contributed by atoms with Gasteiger partial charge in [0, 0.05) is 6.54 Å². The van der Waals surface area contributed by atoms with Crippen molar-refractivity contribution in [2.24, 2.45) is 0 Å². The highest BCUT2D eigenvalue weighted by Gasteiger charge is 2.22. The van der Waals surface area contributed by atoms with Gasteiger partial charge in [0.1, 0.15) is 0 Å². The maximum atomic E-state index is 11.7. The fraction of sp³-hybridized carbons (Fsp3) is 0.250. The molecule has 1 aliphatic heterocycles. The summed E-state index contributed by atoms with van der Waals surface area (Å²) in [4.78, 5) is 13.5. The summed E-state index contributed by atoms with van der Waals surface area (Å²) >= 11 is 0. The summed E-state index contributed by atoms with van der Waals surface area (Å²) in [5, 5.41) is 3.09. The molecule has 0 unspecified atom stereocenters. The van der Waals surface area contributed by atoms with Crippen LogP contribution in [0.2, 0.25) is 0 Å². The second kappa shape index (κ2) is 3.77. The van der Waals surface area contributed by atoms with E-state index in [2.05, 4.69) is 11.9 Å². The first-order chi connectivity index (χ1) is 7.18. The molecule has 0 saturated heterocycles. The Labute approximate surface area is 89.4 Å². The second-order valence-corrected chi connectivity index (χ2v) is 3.81. The number of amides is 1. The van der Waals surface area contributed by atoms with E-state index in [9.17, 15) is 4.79 Å². The highest BCUT2D eigenvalue weighted by molar-refractivity contribution is 6.02. The summed E-state index contributed by atoms with van der Waals surface area (Å²) in [6.07, 6.45) is 0. The maximum Gasteiger partial charge on any atom is 0.246 e. The SMILES string of the molecule is C=C(C)CN1C(=O)CNc2ccccc21. The molecule has 78 valence electrons. The molecule has 0 radical (unpaired) electrons. The van der Waals surface area contributed by atoms with Crippen LogP contribution < -0.4 is 10.2 Å². The Hall–Kier alpha value is -1.77. The van der Waals surface area contributed by atoms with Crippen LogP contribution >= 0.6 is 0 Å². The van der Waals surface area contributed by atoms with Gasteiger partial charge in [-0.05, 0) is 19.1 Å². The molecule has 0 spiro atoms. The number of carbonyl (C=O) groups excluding carboxylic acids is 1. The van der Waals surface area contributed by atoms with Crippen molar-refractivity contribution in [3.8, 4) is 0 Å². The molecule has 2 rings (SSSR count). The van der Waals surface area contributed by atoms with Gasteiger partial charge in [-0.3, -0.25) is 4.79 Å². The van der Waals surface area contributed by atoms with Crippen molar-refractivity contribution in [1.29, 1.82) is 0 Å². The molecule has 0 atom stereocenters. The highest BCUT2D eigenvalue weighted by atomic mass is 16.2. The lowest BCUT2D eigenvalue weighted by atomic mass is 10.1. The molecule has 15 heavy (non-hydrogen) atoms. The Morgan fingerprint density at radius 2 is 2.27 bits per heavy atom. The van der Waals surface area contributed by atoms with Crippen molar-refractivity contribution in [1.82, 2.24) is 0 Å². The molecule has 0 aromatic heterocycles. The lowest BCUT2D eigenvalue weighted by Gasteiger charge is -2.30. The molecule has 1 aliphatic rings. The van der Waals surface area contributed by atoms with Crippen molar-refractivity contribution in [2.75, 3.05) is 23.3 Å². The van der Waals surface area contributed by atoms with Gasteiger partial charge in [-0.25, -0.2) is 0 Å². The monoisotopic (exact) mass is 202 g/mol. The zero-order chi connectivity index (χ0) is 10.8. The molecule has 0 aliphatic carbocycles. The van der Waals surface area contributed by atoms with Gasteiger partial charge >= 0.3 is 0 Å². The number of fused-ring (bicyclic) bond motifs is 1. The van der Waals surface area contributed by atoms with Crippen LogP contribution in [-0.2, 0) is 4.79 Å². The smallest absolute Gasteiger partial charge is 0.246 e. The third kappa shape index (κ3) is 1.86. The van der Waals surface area contributed by atoms with Crippen LogP contribution in [0.1, 0.15) is 6.92 Å². The Bertz CT molecular complexity index is 412. The minimum absolute atomic E-state index is 0.0942. The second-order valence-electron chi connectivity index (χ2n) is 3.81. The highest BCUT2D eigenvalue weighted by Crippen LogP contribution is 2.29. The van der Waals surface area contributed by atoms with E-state index in [1.165, 1.54) is 0 Å². The molecule has 1 aromatic rings. The fourth-order valence-corrected chi connectivity index (χ4v) is 1.70. The normalized spacial score (nSPS) is 14.5. The number of nitrogens with one attached hydrogen (secondary N) is 1. The molecule has 3 nitrogen and oxygen atoms in total. The molecular weight excluding hydrogens is 188 g/mol. The van der Waals surface area contributed by atoms with Crippen molar-refractivity contribution in [2.45, 2.75) is 6.92 Å². The van der Waals surface area contributed by atoms with E-state index in [-0.39, 0.29) is 5.91 Å². The molecule has 0 bridgehead atoms. The van der Waals surface area contributed by atoms with E-state index in [0.717, 1.165) is 16.9 Å². The topological polar surface area (TPSA) is 32.3 Å². The summed E-state index contributed by atoms with van der Waals surface area (Å²) in [5.74, 6) is 0.0942. The van der Waals surface area contributed by atoms with Gasteiger partial charge in [0.15, 0.2) is 0 Å². The molecule has 0 fully saturated rings. The van der Waals surface area contributed by atoms with E-state index in [1.54, 1.807) is 4.90 Å². The molecule has 3 heteroatoms. The van der Waals surface area contributed by atoms with E-state index < -0.39 is 0 Å². The van der Waals surface area contributed by atoms with Crippen LogP contribution in [0.4, 0.5) is 11.4 Å². The van der Waals surface area contributed by atoms with Crippen LogP contribution in [0.3, 0.4) is 0 Å². The van der Waals surface area contributed by atoms with Gasteiger partial charge < -0.3 is 10.2 Å².